The molecule has 0 bridgehead atoms. The topological polar surface area (TPSA) is 99.0 Å². The molecule has 0 spiro atoms. The lowest BCUT2D eigenvalue weighted by Gasteiger charge is -2.19. The summed E-state index contributed by atoms with van der Waals surface area (Å²) in [5, 5.41) is 32.3. The number of nitrogens with one attached hydrogen (secondary N) is 1. The Morgan fingerprint density at radius 1 is 1.00 bits per heavy atom. The van der Waals surface area contributed by atoms with Crippen LogP contribution in [0.2, 0.25) is 0 Å². The van der Waals surface area contributed by atoms with E-state index in [9.17, 15) is 24.5 Å². The number of phenols is 1. The van der Waals surface area contributed by atoms with Crippen LogP contribution in [0.25, 0.3) is 11.1 Å². The fraction of sp³-hybridized carbons (Fsp3) is 0.240. The second kappa shape index (κ2) is 9.38. The predicted octanol–water partition coefficient (Wildman–Crippen LogP) is 3.85. The molecule has 1 amide bonds. The molecule has 32 heavy (non-hydrogen) atoms. The van der Waals surface area contributed by atoms with Crippen LogP contribution in [-0.2, 0) is 4.74 Å². The number of rotatable bonds is 7. The van der Waals surface area contributed by atoms with Gasteiger partial charge in [-0.1, -0.05) is 48.5 Å². The Morgan fingerprint density at radius 3 is 2.28 bits per heavy atom. The van der Waals surface area contributed by atoms with Crippen molar-refractivity contribution < 1.29 is 29.2 Å². The Bertz CT molecular complexity index is 1070. The van der Waals surface area contributed by atoms with E-state index in [4.69, 9.17) is 4.74 Å². The lowest BCUT2D eigenvalue weighted by Crippen LogP contribution is -2.30. The number of benzene rings is 3. The van der Waals surface area contributed by atoms with Gasteiger partial charge in [0, 0.05) is 18.0 Å². The number of alkyl carbamates (subject to hydrolysis) is 1. The summed E-state index contributed by atoms with van der Waals surface area (Å²) in [4.78, 5) is 12.2. The van der Waals surface area contributed by atoms with Gasteiger partial charge in [0.25, 0.3) is 0 Å². The Hall–Kier alpha value is -3.42. The predicted molar refractivity (Wildman–Crippen MR) is 117 cm³/mol. The van der Waals surface area contributed by atoms with Crippen molar-refractivity contribution in [3.63, 3.8) is 0 Å². The Labute approximate surface area is 184 Å². The zero-order valence-electron chi connectivity index (χ0n) is 17.2. The van der Waals surface area contributed by atoms with E-state index in [1.54, 1.807) is 0 Å². The van der Waals surface area contributed by atoms with Crippen LogP contribution in [0.15, 0.2) is 66.7 Å². The highest BCUT2D eigenvalue weighted by Crippen LogP contribution is 2.44. The van der Waals surface area contributed by atoms with Gasteiger partial charge in [0.05, 0.1) is 6.10 Å². The number of hydrogen-bond donors (Lipinski definition) is 4. The van der Waals surface area contributed by atoms with Crippen molar-refractivity contribution in [2.45, 2.75) is 24.5 Å². The van der Waals surface area contributed by atoms with E-state index in [1.165, 1.54) is 0 Å². The molecule has 3 aromatic carbocycles. The van der Waals surface area contributed by atoms with E-state index in [0.717, 1.165) is 40.5 Å². The molecule has 2 atom stereocenters. The van der Waals surface area contributed by atoms with Gasteiger partial charge >= 0.3 is 6.09 Å². The molecular formula is C25H24FNO5. The van der Waals surface area contributed by atoms with Crippen molar-refractivity contribution >= 4 is 6.09 Å². The number of carbonyl (C=O) groups is 1. The van der Waals surface area contributed by atoms with E-state index in [2.05, 4.69) is 17.4 Å². The lowest BCUT2D eigenvalue weighted by atomic mass is 9.98. The average Bonchev–Trinajstić information content (AvgIpc) is 3.12. The van der Waals surface area contributed by atoms with Crippen LogP contribution < -0.4 is 5.32 Å². The summed E-state index contributed by atoms with van der Waals surface area (Å²) < 4.78 is 19.2. The first kappa shape index (κ1) is 21.8. The van der Waals surface area contributed by atoms with Crippen LogP contribution in [-0.4, -0.2) is 40.7 Å². The highest BCUT2D eigenvalue weighted by atomic mass is 19.1. The summed E-state index contributed by atoms with van der Waals surface area (Å²) in [6.07, 6.45) is -3.54. The standard InChI is InChI=1S/C25H24FNO5/c26-22-10-9-15(28)13-20(22)24(30)23(29)11-12-27-25(31)32-14-21-18-7-3-1-5-16(18)17-6-2-4-8-19(17)21/h1-10,13,21,23-24,28-30H,11-12,14H2,(H,27,31). The molecule has 0 fully saturated rings. The number of aliphatic hydroxyl groups is 2. The fourth-order valence-electron chi connectivity index (χ4n) is 4.09. The van der Waals surface area contributed by atoms with E-state index >= 15 is 0 Å². The van der Waals surface area contributed by atoms with Crippen molar-refractivity contribution in [3.8, 4) is 16.9 Å². The molecule has 6 nitrogen and oxygen atoms in total. The van der Waals surface area contributed by atoms with Gasteiger partial charge in [0.15, 0.2) is 0 Å². The smallest absolute Gasteiger partial charge is 0.407 e. The number of halogens is 1. The van der Waals surface area contributed by atoms with E-state index < -0.39 is 24.1 Å². The molecule has 0 aliphatic heterocycles. The second-order valence-corrected chi connectivity index (χ2v) is 7.76. The zero-order chi connectivity index (χ0) is 22.7. The van der Waals surface area contributed by atoms with Gasteiger partial charge in [-0.3, -0.25) is 0 Å². The van der Waals surface area contributed by atoms with Crippen LogP contribution in [0.3, 0.4) is 0 Å². The van der Waals surface area contributed by atoms with Gasteiger partial charge in [-0.2, -0.15) is 0 Å². The molecular weight excluding hydrogens is 413 g/mol. The summed E-state index contributed by atoms with van der Waals surface area (Å²) in [7, 11) is 0. The molecule has 166 valence electrons. The first-order valence-electron chi connectivity index (χ1n) is 10.4. The van der Waals surface area contributed by atoms with E-state index in [-0.39, 0.29) is 36.8 Å². The van der Waals surface area contributed by atoms with Crippen molar-refractivity contribution in [3.05, 3.63) is 89.2 Å². The number of phenolic OH excluding ortho intramolecular Hbond substituents is 1. The Kier molecular flexibility index (Phi) is 6.39. The van der Waals surface area contributed by atoms with Gasteiger partial charge in [0.1, 0.15) is 24.3 Å². The fourth-order valence-corrected chi connectivity index (χ4v) is 4.09. The first-order valence-corrected chi connectivity index (χ1v) is 10.4. The number of amides is 1. The van der Waals surface area contributed by atoms with Crippen LogP contribution in [0.5, 0.6) is 5.75 Å². The number of aliphatic hydroxyl groups excluding tert-OH is 2. The molecule has 3 aromatic rings. The van der Waals surface area contributed by atoms with Crippen molar-refractivity contribution in [2.24, 2.45) is 0 Å². The second-order valence-electron chi connectivity index (χ2n) is 7.76. The quantitative estimate of drug-likeness (QED) is 0.450. The average molecular weight is 437 g/mol. The van der Waals surface area contributed by atoms with Gasteiger partial charge in [-0.15, -0.1) is 0 Å². The molecule has 0 radical (unpaired) electrons. The number of ether oxygens (including phenoxy) is 1. The number of aromatic hydroxyl groups is 1. The van der Waals surface area contributed by atoms with Gasteiger partial charge in [-0.05, 0) is 46.9 Å². The minimum atomic E-state index is -1.54. The largest absolute Gasteiger partial charge is 0.508 e. The maximum Gasteiger partial charge on any atom is 0.407 e. The third kappa shape index (κ3) is 4.44. The summed E-state index contributed by atoms with van der Waals surface area (Å²) in [5.74, 6) is -1.02. The molecule has 4 N–H and O–H groups in total. The molecule has 2 unspecified atom stereocenters. The summed E-state index contributed by atoms with van der Waals surface area (Å²) in [6.45, 7) is 0.189. The van der Waals surface area contributed by atoms with E-state index in [1.807, 2.05) is 36.4 Å². The SMILES string of the molecule is O=C(NCCC(O)C(O)c1cc(O)ccc1F)OCC1c2ccccc2-c2ccccc21. The molecule has 1 aliphatic rings. The van der Waals surface area contributed by atoms with Gasteiger partial charge in [-0.25, -0.2) is 9.18 Å². The minimum Gasteiger partial charge on any atom is -0.508 e. The first-order chi connectivity index (χ1) is 15.5. The van der Waals surface area contributed by atoms with Gasteiger partial charge < -0.3 is 25.4 Å². The monoisotopic (exact) mass is 437 g/mol. The number of hydrogen-bond acceptors (Lipinski definition) is 5. The van der Waals surface area contributed by atoms with E-state index in [0.29, 0.717) is 0 Å². The zero-order valence-corrected chi connectivity index (χ0v) is 17.2. The third-order valence-corrected chi connectivity index (χ3v) is 5.72. The normalized spacial score (nSPS) is 14.3. The van der Waals surface area contributed by atoms with Crippen LogP contribution >= 0.6 is 0 Å². The van der Waals surface area contributed by atoms with Crippen LogP contribution in [0.1, 0.15) is 35.1 Å². The van der Waals surface area contributed by atoms with Crippen LogP contribution in [0, 0.1) is 5.82 Å². The maximum absolute atomic E-state index is 13.8. The number of fused-ring (bicyclic) bond motifs is 3. The molecule has 1 aliphatic carbocycles. The Morgan fingerprint density at radius 2 is 1.62 bits per heavy atom. The van der Waals surface area contributed by atoms with Crippen molar-refractivity contribution in [2.75, 3.05) is 13.2 Å². The van der Waals surface area contributed by atoms with Gasteiger partial charge in [0.2, 0.25) is 0 Å². The summed E-state index contributed by atoms with van der Waals surface area (Å²) in [6, 6.07) is 19.3. The maximum atomic E-state index is 13.8. The molecule has 0 aromatic heterocycles. The highest BCUT2D eigenvalue weighted by molar-refractivity contribution is 5.79. The molecule has 4 rings (SSSR count). The third-order valence-electron chi connectivity index (χ3n) is 5.72. The lowest BCUT2D eigenvalue weighted by molar-refractivity contribution is 0.0115. The summed E-state index contributed by atoms with van der Waals surface area (Å²) >= 11 is 0. The summed E-state index contributed by atoms with van der Waals surface area (Å²) in [5.41, 5.74) is 4.27. The molecule has 7 heteroatoms. The molecule has 0 saturated carbocycles. The minimum absolute atomic E-state index is 0.0232. The van der Waals surface area contributed by atoms with Crippen LogP contribution in [0.4, 0.5) is 9.18 Å². The molecule has 0 heterocycles. The van der Waals surface area contributed by atoms with Crippen molar-refractivity contribution in [1.29, 1.82) is 0 Å². The van der Waals surface area contributed by atoms with Crippen molar-refractivity contribution in [1.82, 2.24) is 5.32 Å². The Balaban J connectivity index is 1.29. The number of carbonyl (C=O) groups excluding carboxylic acids is 1. The molecule has 0 saturated heterocycles. The highest BCUT2D eigenvalue weighted by Gasteiger charge is 2.29.